The van der Waals surface area contributed by atoms with Gasteiger partial charge in [-0.3, -0.25) is 14.4 Å². The Bertz CT molecular complexity index is 2070. The highest BCUT2D eigenvalue weighted by atomic mass is 35.5. The van der Waals surface area contributed by atoms with Crippen LogP contribution in [0.2, 0.25) is 5.02 Å². The number of hydrogen-bond donors (Lipinski definition) is 4. The summed E-state index contributed by atoms with van der Waals surface area (Å²) in [5.74, 6) is -1.81. The van der Waals surface area contributed by atoms with E-state index in [1.807, 2.05) is 30.3 Å². The number of methoxy groups -OCH3 is 2. The molecule has 0 aromatic heterocycles. The molecule has 0 bridgehead atoms. The van der Waals surface area contributed by atoms with E-state index in [1.54, 1.807) is 72.8 Å². The quantitative estimate of drug-likeness (QED) is 0.0709. The molecule has 0 radical (unpaired) electrons. The standard InChI is InChI=1S/C39H32ClN3O7S/c1-49-33-15-9-14-26(34(33)50-2)22-32(43-36(44)25-12-7-4-8-13-25)37(45)41-27-16-19-29(20-17-27)51-35(24-10-5-3-6-11-24)38(46)42-28-18-21-31(40)30(23-28)39(47)48/h3-23,35H,1-2H3,(H,41,45)(H,42,46)(H,43,44)(H,47,48)/b32-22-. The number of carbonyl (C=O) groups is 4. The summed E-state index contributed by atoms with van der Waals surface area (Å²) in [6.45, 7) is 0. The Morgan fingerprint density at radius 1 is 0.765 bits per heavy atom. The Labute approximate surface area is 303 Å². The fraction of sp³-hybridized carbons (Fsp3) is 0.0769. The van der Waals surface area contributed by atoms with Crippen molar-refractivity contribution in [2.24, 2.45) is 0 Å². The van der Waals surface area contributed by atoms with Gasteiger partial charge in [-0.15, -0.1) is 11.8 Å². The van der Waals surface area contributed by atoms with Crippen LogP contribution in [0.4, 0.5) is 11.4 Å². The largest absolute Gasteiger partial charge is 0.493 e. The average Bonchev–Trinajstić information content (AvgIpc) is 3.15. The number of rotatable bonds is 13. The molecule has 1 atom stereocenters. The van der Waals surface area contributed by atoms with Crippen LogP contribution in [0.25, 0.3) is 6.08 Å². The Morgan fingerprint density at radius 2 is 1.43 bits per heavy atom. The monoisotopic (exact) mass is 721 g/mol. The molecule has 10 nitrogen and oxygen atoms in total. The molecule has 0 aliphatic heterocycles. The third-order valence-electron chi connectivity index (χ3n) is 7.43. The molecule has 3 amide bonds. The molecule has 0 fully saturated rings. The SMILES string of the molecule is COc1cccc(/C=C(\NC(=O)c2ccccc2)C(=O)Nc2ccc(SC(C(=O)Nc3ccc(Cl)c(C(=O)O)c3)c3ccccc3)cc2)c1OC. The summed E-state index contributed by atoms with van der Waals surface area (Å²) >= 11 is 7.28. The van der Waals surface area contributed by atoms with E-state index in [0.717, 1.165) is 5.56 Å². The van der Waals surface area contributed by atoms with Crippen LogP contribution < -0.4 is 25.4 Å². The van der Waals surface area contributed by atoms with Crippen molar-refractivity contribution >= 4 is 64.5 Å². The summed E-state index contributed by atoms with van der Waals surface area (Å²) in [6.07, 6.45) is 1.50. The molecule has 258 valence electrons. The van der Waals surface area contributed by atoms with Gasteiger partial charge in [0.15, 0.2) is 11.5 Å². The molecule has 4 N–H and O–H groups in total. The fourth-order valence-corrected chi connectivity index (χ4v) is 6.17. The molecule has 0 aliphatic carbocycles. The van der Waals surface area contributed by atoms with Gasteiger partial charge in [0.05, 0.1) is 24.8 Å². The number of halogens is 1. The van der Waals surface area contributed by atoms with Crippen LogP contribution in [0.1, 0.15) is 37.1 Å². The normalized spacial score (nSPS) is 11.5. The van der Waals surface area contributed by atoms with Crippen molar-refractivity contribution in [1.82, 2.24) is 5.32 Å². The van der Waals surface area contributed by atoms with Gasteiger partial charge in [0.25, 0.3) is 11.8 Å². The lowest BCUT2D eigenvalue weighted by atomic mass is 10.1. The fourth-order valence-electron chi connectivity index (χ4n) is 4.95. The Hall–Kier alpha value is -6.04. The molecule has 5 rings (SSSR count). The Kier molecular flexibility index (Phi) is 12.1. The van der Waals surface area contributed by atoms with E-state index in [1.165, 1.54) is 50.3 Å². The zero-order valence-corrected chi connectivity index (χ0v) is 29.0. The summed E-state index contributed by atoms with van der Waals surface area (Å²) in [5.41, 5.74) is 2.15. The molecular formula is C39H32ClN3O7S. The molecule has 0 spiro atoms. The zero-order valence-electron chi connectivity index (χ0n) is 27.4. The first-order chi connectivity index (χ1) is 24.7. The first-order valence-corrected chi connectivity index (χ1v) is 16.7. The molecular weight excluding hydrogens is 690 g/mol. The van der Waals surface area contributed by atoms with E-state index in [9.17, 15) is 24.3 Å². The van der Waals surface area contributed by atoms with Gasteiger partial charge in [0, 0.05) is 27.4 Å². The summed E-state index contributed by atoms with van der Waals surface area (Å²) in [7, 11) is 2.99. The summed E-state index contributed by atoms with van der Waals surface area (Å²) < 4.78 is 10.9. The Morgan fingerprint density at radius 3 is 2.08 bits per heavy atom. The predicted octanol–water partition coefficient (Wildman–Crippen LogP) is 7.94. The minimum absolute atomic E-state index is 0.0390. The molecule has 0 aliphatic rings. The second kappa shape index (κ2) is 17.1. The van der Waals surface area contributed by atoms with Crippen LogP contribution in [0, 0.1) is 0 Å². The van der Waals surface area contributed by atoms with Crippen LogP contribution in [-0.2, 0) is 9.59 Å². The highest BCUT2D eigenvalue weighted by Gasteiger charge is 2.23. The average molecular weight is 722 g/mol. The van der Waals surface area contributed by atoms with Gasteiger partial charge in [-0.05, 0) is 72.3 Å². The van der Waals surface area contributed by atoms with Crippen molar-refractivity contribution in [3.63, 3.8) is 0 Å². The van der Waals surface area contributed by atoms with E-state index in [4.69, 9.17) is 21.1 Å². The van der Waals surface area contributed by atoms with E-state index < -0.39 is 23.0 Å². The maximum Gasteiger partial charge on any atom is 0.337 e. The van der Waals surface area contributed by atoms with Crippen molar-refractivity contribution in [2.75, 3.05) is 24.9 Å². The van der Waals surface area contributed by atoms with Crippen LogP contribution in [0.15, 0.2) is 132 Å². The van der Waals surface area contributed by atoms with Crippen LogP contribution in [0.3, 0.4) is 0 Å². The molecule has 5 aromatic rings. The summed E-state index contributed by atoms with van der Waals surface area (Å²) in [6, 6.07) is 34.0. The van der Waals surface area contributed by atoms with E-state index in [2.05, 4.69) is 16.0 Å². The lowest BCUT2D eigenvalue weighted by Crippen LogP contribution is -2.30. The molecule has 5 aromatic carbocycles. The summed E-state index contributed by atoms with van der Waals surface area (Å²) in [4.78, 5) is 52.6. The topological polar surface area (TPSA) is 143 Å². The number of carbonyl (C=O) groups excluding carboxylic acids is 3. The van der Waals surface area contributed by atoms with Gasteiger partial charge in [-0.2, -0.15) is 0 Å². The maximum absolute atomic E-state index is 13.7. The van der Waals surface area contributed by atoms with Crippen molar-refractivity contribution in [3.8, 4) is 11.5 Å². The number of carboxylic acids is 1. The van der Waals surface area contributed by atoms with Crippen LogP contribution in [-0.4, -0.2) is 43.0 Å². The molecule has 51 heavy (non-hydrogen) atoms. The first-order valence-electron chi connectivity index (χ1n) is 15.4. The molecule has 0 saturated heterocycles. The molecule has 1 unspecified atom stereocenters. The zero-order chi connectivity index (χ0) is 36.3. The van der Waals surface area contributed by atoms with Crippen molar-refractivity contribution in [3.05, 3.63) is 154 Å². The number of hydrogen-bond acceptors (Lipinski definition) is 7. The third kappa shape index (κ3) is 9.35. The minimum atomic E-state index is -1.21. The van der Waals surface area contributed by atoms with Crippen molar-refractivity contribution in [1.29, 1.82) is 0 Å². The number of benzene rings is 5. The van der Waals surface area contributed by atoms with Gasteiger partial charge >= 0.3 is 5.97 Å². The number of aromatic carboxylic acids is 1. The first kappa shape index (κ1) is 36.2. The number of amides is 3. The van der Waals surface area contributed by atoms with Gasteiger partial charge in [0.2, 0.25) is 5.91 Å². The second-order valence-electron chi connectivity index (χ2n) is 10.8. The van der Waals surface area contributed by atoms with Crippen LogP contribution in [0.5, 0.6) is 11.5 Å². The van der Waals surface area contributed by atoms with Gasteiger partial charge in [0.1, 0.15) is 10.9 Å². The van der Waals surface area contributed by atoms with E-state index in [-0.39, 0.29) is 27.9 Å². The minimum Gasteiger partial charge on any atom is -0.493 e. The number of ether oxygens (including phenoxy) is 2. The lowest BCUT2D eigenvalue weighted by molar-refractivity contribution is -0.116. The lowest BCUT2D eigenvalue weighted by Gasteiger charge is -2.18. The van der Waals surface area contributed by atoms with Crippen molar-refractivity contribution in [2.45, 2.75) is 10.1 Å². The number of nitrogens with one attached hydrogen (secondary N) is 3. The third-order valence-corrected chi connectivity index (χ3v) is 9.03. The van der Waals surface area contributed by atoms with Gasteiger partial charge in [-0.25, -0.2) is 4.79 Å². The van der Waals surface area contributed by atoms with Crippen LogP contribution >= 0.6 is 23.4 Å². The smallest absolute Gasteiger partial charge is 0.337 e. The second-order valence-corrected chi connectivity index (χ2v) is 12.4. The van der Waals surface area contributed by atoms with Crippen molar-refractivity contribution < 1.29 is 33.8 Å². The molecule has 0 saturated carbocycles. The Balaban J connectivity index is 1.37. The number of carboxylic acid groups (broad SMARTS) is 1. The molecule has 0 heterocycles. The predicted molar refractivity (Wildman–Crippen MR) is 199 cm³/mol. The highest BCUT2D eigenvalue weighted by molar-refractivity contribution is 8.00. The van der Waals surface area contributed by atoms with Gasteiger partial charge < -0.3 is 30.5 Å². The maximum atomic E-state index is 13.7. The van der Waals surface area contributed by atoms with E-state index in [0.29, 0.717) is 33.2 Å². The number of anilines is 2. The van der Waals surface area contributed by atoms with E-state index >= 15 is 0 Å². The highest BCUT2D eigenvalue weighted by Crippen LogP contribution is 2.37. The number of thioether (sulfide) groups is 1. The molecule has 12 heteroatoms. The van der Waals surface area contributed by atoms with Gasteiger partial charge in [-0.1, -0.05) is 72.3 Å². The number of para-hydroxylation sites is 1. The summed E-state index contributed by atoms with van der Waals surface area (Å²) in [5, 5.41) is 17.1.